The van der Waals surface area contributed by atoms with Crippen LogP contribution in [0.4, 0.5) is 0 Å². The zero-order valence-electron chi connectivity index (χ0n) is 5.75. The van der Waals surface area contributed by atoms with Crippen LogP contribution in [0.15, 0.2) is 0 Å². The molecule has 2 aliphatic heterocycles. The van der Waals surface area contributed by atoms with Crippen LogP contribution in [-0.4, -0.2) is 52.6 Å². The van der Waals surface area contributed by atoms with Crippen molar-refractivity contribution in [3.63, 3.8) is 0 Å². The molecule has 0 spiro atoms. The maximum Gasteiger partial charge on any atom is 0.186 e. The summed E-state index contributed by atoms with van der Waals surface area (Å²) in [5.74, 6) is 0. The van der Waals surface area contributed by atoms with E-state index in [2.05, 4.69) is 0 Å². The molecule has 2 aliphatic rings. The second-order valence-electron chi connectivity index (χ2n) is 2.85. The molecule has 0 amide bonds. The van der Waals surface area contributed by atoms with Crippen molar-refractivity contribution < 1.29 is 24.8 Å². The van der Waals surface area contributed by atoms with Crippen LogP contribution in [-0.2, 0) is 9.47 Å². The van der Waals surface area contributed by atoms with Crippen LogP contribution < -0.4 is 0 Å². The fourth-order valence-electron chi connectivity index (χ4n) is 1.38. The van der Waals surface area contributed by atoms with Crippen molar-refractivity contribution in [3.05, 3.63) is 0 Å². The third-order valence-corrected chi connectivity index (χ3v) is 2.09. The lowest BCUT2D eigenvalue weighted by molar-refractivity contribution is -0.228. The molecule has 2 fully saturated rings. The van der Waals surface area contributed by atoms with Gasteiger partial charge in [0.05, 0.1) is 6.61 Å². The summed E-state index contributed by atoms with van der Waals surface area (Å²) in [5.41, 5.74) is 0. The Morgan fingerprint density at radius 3 is 2.45 bits per heavy atom. The minimum Gasteiger partial charge on any atom is -0.387 e. The van der Waals surface area contributed by atoms with Crippen LogP contribution in [0.3, 0.4) is 0 Å². The Hall–Kier alpha value is -0.200. The van der Waals surface area contributed by atoms with Gasteiger partial charge in [-0.05, 0) is 0 Å². The summed E-state index contributed by atoms with van der Waals surface area (Å²) in [7, 11) is 0. The smallest absolute Gasteiger partial charge is 0.186 e. The Kier molecular flexibility index (Phi) is 1.62. The van der Waals surface area contributed by atoms with E-state index in [0.717, 1.165) is 0 Å². The first-order valence-electron chi connectivity index (χ1n) is 3.51. The van der Waals surface area contributed by atoms with E-state index in [1.165, 1.54) is 0 Å². The van der Waals surface area contributed by atoms with E-state index >= 15 is 0 Å². The van der Waals surface area contributed by atoms with Gasteiger partial charge in [-0.15, -0.1) is 0 Å². The summed E-state index contributed by atoms with van der Waals surface area (Å²) < 4.78 is 9.95. The molecule has 64 valence electrons. The molecule has 0 aliphatic carbocycles. The van der Waals surface area contributed by atoms with Crippen LogP contribution in [0.25, 0.3) is 0 Å². The van der Waals surface area contributed by atoms with Gasteiger partial charge in [-0.1, -0.05) is 0 Å². The molecule has 2 saturated heterocycles. The van der Waals surface area contributed by atoms with Gasteiger partial charge in [-0.25, -0.2) is 0 Å². The first-order valence-corrected chi connectivity index (χ1v) is 3.51. The fourth-order valence-corrected chi connectivity index (χ4v) is 1.38. The fraction of sp³-hybridized carbons (Fsp3) is 1.00. The van der Waals surface area contributed by atoms with E-state index < -0.39 is 30.7 Å². The number of hydrogen-bond donors (Lipinski definition) is 3. The summed E-state index contributed by atoms with van der Waals surface area (Å²) >= 11 is 0. The minimum atomic E-state index is -1.15. The van der Waals surface area contributed by atoms with Crippen molar-refractivity contribution >= 4 is 0 Å². The Labute approximate surface area is 63.2 Å². The van der Waals surface area contributed by atoms with E-state index in [0.29, 0.717) is 0 Å². The average molecular weight is 162 g/mol. The lowest BCUT2D eigenvalue weighted by atomic mass is 10.0. The Balaban J connectivity index is 2.16. The molecule has 5 heteroatoms. The summed E-state index contributed by atoms with van der Waals surface area (Å²) in [6.45, 7) is 0.236. The molecular weight excluding hydrogens is 152 g/mol. The van der Waals surface area contributed by atoms with Gasteiger partial charge in [0.25, 0.3) is 0 Å². The predicted molar refractivity (Wildman–Crippen MR) is 32.6 cm³/mol. The lowest BCUT2D eigenvalue weighted by Crippen LogP contribution is -2.53. The van der Waals surface area contributed by atoms with Crippen LogP contribution in [0.1, 0.15) is 0 Å². The highest BCUT2D eigenvalue weighted by Crippen LogP contribution is 2.27. The van der Waals surface area contributed by atoms with E-state index in [-0.39, 0.29) is 6.61 Å². The number of hydrogen-bond acceptors (Lipinski definition) is 5. The molecule has 1 unspecified atom stereocenters. The average Bonchev–Trinajstić information content (AvgIpc) is 2.44. The Morgan fingerprint density at radius 1 is 1.00 bits per heavy atom. The Bertz CT molecular complexity index is 141. The number of aliphatic hydroxyl groups excluding tert-OH is 3. The van der Waals surface area contributed by atoms with Crippen molar-refractivity contribution in [2.24, 2.45) is 0 Å². The third-order valence-electron chi connectivity index (χ3n) is 2.09. The molecule has 5 nitrogen and oxygen atoms in total. The van der Waals surface area contributed by atoms with Gasteiger partial charge in [0.15, 0.2) is 6.29 Å². The van der Waals surface area contributed by atoms with E-state index in [9.17, 15) is 10.2 Å². The zero-order valence-corrected chi connectivity index (χ0v) is 5.75. The van der Waals surface area contributed by atoms with Gasteiger partial charge in [-0.2, -0.15) is 0 Å². The summed E-state index contributed by atoms with van der Waals surface area (Å²) in [6.07, 6.45) is -4.58. The van der Waals surface area contributed by atoms with Gasteiger partial charge in [0, 0.05) is 0 Å². The molecule has 0 aromatic carbocycles. The number of ether oxygens (including phenoxy) is 2. The highest BCUT2D eigenvalue weighted by Gasteiger charge is 2.48. The van der Waals surface area contributed by atoms with E-state index in [1.54, 1.807) is 0 Å². The molecule has 11 heavy (non-hydrogen) atoms. The predicted octanol–water partition coefficient (Wildman–Crippen LogP) is -2.18. The minimum absolute atomic E-state index is 0.236. The van der Waals surface area contributed by atoms with E-state index in [1.807, 2.05) is 0 Å². The first-order chi connectivity index (χ1) is 5.20. The zero-order chi connectivity index (χ0) is 8.01. The monoisotopic (exact) mass is 162 g/mol. The van der Waals surface area contributed by atoms with Crippen LogP contribution in [0.5, 0.6) is 0 Å². The normalized spacial score (nSPS) is 56.5. The van der Waals surface area contributed by atoms with E-state index in [4.69, 9.17) is 14.6 Å². The standard InChI is InChI=1S/C6H10O5/c7-3-2-1-10-6(11-2)5(9)4(3)8/h2-9H,1H2/t2-,3+,4-,5+,6?/m0/s1. The van der Waals surface area contributed by atoms with Crippen molar-refractivity contribution in [3.8, 4) is 0 Å². The third kappa shape index (κ3) is 0.969. The summed E-state index contributed by atoms with van der Waals surface area (Å²) in [5, 5.41) is 27.6. The van der Waals surface area contributed by atoms with Gasteiger partial charge < -0.3 is 24.8 Å². The molecule has 5 atom stereocenters. The molecule has 3 N–H and O–H groups in total. The Morgan fingerprint density at radius 2 is 1.73 bits per heavy atom. The van der Waals surface area contributed by atoms with Crippen molar-refractivity contribution in [2.45, 2.75) is 30.7 Å². The SMILES string of the molecule is O[C@H]1[C@H](O)[C@@H](O)C2OC[C@@H]1O2. The largest absolute Gasteiger partial charge is 0.387 e. The molecule has 2 heterocycles. The summed E-state index contributed by atoms with van der Waals surface area (Å²) in [4.78, 5) is 0. The molecule has 0 radical (unpaired) electrons. The number of aliphatic hydroxyl groups is 3. The van der Waals surface area contributed by atoms with Gasteiger partial charge in [0.1, 0.15) is 24.4 Å². The highest BCUT2D eigenvalue weighted by atomic mass is 16.7. The lowest BCUT2D eigenvalue weighted by Gasteiger charge is -2.32. The number of fused-ring (bicyclic) bond motifs is 2. The summed E-state index contributed by atoms with van der Waals surface area (Å²) in [6, 6.07) is 0. The van der Waals surface area contributed by atoms with Crippen molar-refractivity contribution in [1.82, 2.24) is 0 Å². The topological polar surface area (TPSA) is 79.2 Å². The quantitative estimate of drug-likeness (QED) is 0.377. The second-order valence-corrected chi connectivity index (χ2v) is 2.85. The maximum atomic E-state index is 9.22. The second kappa shape index (κ2) is 2.40. The van der Waals surface area contributed by atoms with Gasteiger partial charge in [-0.3, -0.25) is 0 Å². The van der Waals surface area contributed by atoms with Gasteiger partial charge >= 0.3 is 0 Å². The molecule has 0 aromatic heterocycles. The van der Waals surface area contributed by atoms with Crippen LogP contribution in [0.2, 0.25) is 0 Å². The molecule has 2 bridgehead atoms. The van der Waals surface area contributed by atoms with Crippen LogP contribution >= 0.6 is 0 Å². The highest BCUT2D eigenvalue weighted by molar-refractivity contribution is 4.92. The molecular formula is C6H10O5. The van der Waals surface area contributed by atoms with Crippen molar-refractivity contribution in [2.75, 3.05) is 6.61 Å². The molecule has 0 saturated carbocycles. The van der Waals surface area contributed by atoms with Gasteiger partial charge in [0.2, 0.25) is 0 Å². The number of rotatable bonds is 0. The first kappa shape index (κ1) is 7.45. The molecule has 0 aromatic rings. The van der Waals surface area contributed by atoms with Crippen LogP contribution in [0, 0.1) is 0 Å². The maximum absolute atomic E-state index is 9.22. The molecule has 2 rings (SSSR count). The van der Waals surface area contributed by atoms with Crippen molar-refractivity contribution in [1.29, 1.82) is 0 Å².